The lowest BCUT2D eigenvalue weighted by Crippen LogP contribution is -2.21. The fourth-order valence-corrected chi connectivity index (χ4v) is 3.89. The van der Waals surface area contributed by atoms with Crippen LogP contribution in [0.15, 0.2) is 57.8 Å². The maximum Gasteiger partial charge on any atom is 0.320 e. The number of ether oxygens (including phenoxy) is 1. The van der Waals surface area contributed by atoms with Crippen molar-refractivity contribution in [3.63, 3.8) is 0 Å². The van der Waals surface area contributed by atoms with E-state index >= 15 is 0 Å². The Morgan fingerprint density at radius 2 is 1.76 bits per heavy atom. The van der Waals surface area contributed by atoms with Crippen LogP contribution in [0.1, 0.15) is 13.8 Å². The number of rotatable bonds is 9. The van der Waals surface area contributed by atoms with Gasteiger partial charge in [0.25, 0.3) is 0 Å². The van der Waals surface area contributed by atoms with Gasteiger partial charge in [0, 0.05) is 25.0 Å². The molecule has 1 N–H and O–H groups in total. The van der Waals surface area contributed by atoms with Gasteiger partial charge in [-0.05, 0) is 50.2 Å². The SMILES string of the molecule is CCN(CC)c1ccc(N=Nc2ccc(S(C)(=O)=O)cc2Cl)c(Nc2ncnc(OC)n2)c1. The van der Waals surface area contributed by atoms with Crippen LogP contribution in [-0.4, -0.2) is 49.8 Å². The number of hydrogen-bond donors (Lipinski definition) is 1. The Morgan fingerprint density at radius 1 is 1.06 bits per heavy atom. The Balaban J connectivity index is 1.99. The molecule has 0 bridgehead atoms. The molecule has 0 aliphatic rings. The number of halogens is 1. The van der Waals surface area contributed by atoms with Gasteiger partial charge in [0.2, 0.25) is 5.95 Å². The van der Waals surface area contributed by atoms with Crippen LogP contribution in [0.25, 0.3) is 0 Å². The Bertz CT molecular complexity index is 1260. The Labute approximate surface area is 197 Å². The molecule has 2 aromatic carbocycles. The second-order valence-electron chi connectivity index (χ2n) is 6.88. The van der Waals surface area contributed by atoms with Gasteiger partial charge < -0.3 is 15.0 Å². The second kappa shape index (κ2) is 10.5. The molecular weight excluding hydrogens is 466 g/mol. The minimum atomic E-state index is -3.37. The lowest BCUT2D eigenvalue weighted by molar-refractivity contribution is 0.379. The van der Waals surface area contributed by atoms with Gasteiger partial charge in [0.15, 0.2) is 9.84 Å². The van der Waals surface area contributed by atoms with Crippen molar-refractivity contribution >= 4 is 50.1 Å². The zero-order valence-electron chi connectivity index (χ0n) is 18.6. The average Bonchev–Trinajstić information content (AvgIpc) is 2.79. The van der Waals surface area contributed by atoms with E-state index in [1.165, 1.54) is 31.6 Å². The number of nitrogens with one attached hydrogen (secondary N) is 1. The molecule has 10 nitrogen and oxygen atoms in total. The van der Waals surface area contributed by atoms with E-state index in [-0.39, 0.29) is 21.9 Å². The van der Waals surface area contributed by atoms with Crippen molar-refractivity contribution in [2.45, 2.75) is 18.7 Å². The summed E-state index contributed by atoms with van der Waals surface area (Å²) < 4.78 is 28.5. The van der Waals surface area contributed by atoms with Crippen molar-refractivity contribution in [1.29, 1.82) is 0 Å². The molecule has 0 aliphatic carbocycles. The first-order valence-corrected chi connectivity index (χ1v) is 12.3. The van der Waals surface area contributed by atoms with E-state index in [2.05, 4.69) is 49.2 Å². The molecule has 0 saturated carbocycles. The van der Waals surface area contributed by atoms with Gasteiger partial charge in [-0.1, -0.05) is 11.6 Å². The van der Waals surface area contributed by atoms with Gasteiger partial charge in [-0.3, -0.25) is 0 Å². The number of methoxy groups -OCH3 is 1. The van der Waals surface area contributed by atoms with Crippen molar-refractivity contribution in [2.24, 2.45) is 10.2 Å². The Morgan fingerprint density at radius 3 is 2.39 bits per heavy atom. The molecule has 3 rings (SSSR count). The van der Waals surface area contributed by atoms with E-state index in [0.29, 0.717) is 17.1 Å². The van der Waals surface area contributed by atoms with Crippen molar-refractivity contribution in [3.05, 3.63) is 47.7 Å². The minimum absolute atomic E-state index is 0.112. The monoisotopic (exact) mass is 489 g/mol. The normalized spacial score (nSPS) is 11.5. The van der Waals surface area contributed by atoms with E-state index in [9.17, 15) is 8.42 Å². The number of nitrogens with zero attached hydrogens (tertiary/aromatic N) is 6. The van der Waals surface area contributed by atoms with Gasteiger partial charge in [-0.15, -0.1) is 10.2 Å². The summed E-state index contributed by atoms with van der Waals surface area (Å²) in [5, 5.41) is 11.9. The molecule has 0 atom stereocenters. The highest BCUT2D eigenvalue weighted by Crippen LogP contribution is 2.35. The third kappa shape index (κ3) is 6.14. The Kier molecular flexibility index (Phi) is 7.77. The van der Waals surface area contributed by atoms with Crippen LogP contribution in [-0.2, 0) is 9.84 Å². The predicted molar refractivity (Wildman–Crippen MR) is 128 cm³/mol. The molecule has 0 spiro atoms. The molecule has 33 heavy (non-hydrogen) atoms. The highest BCUT2D eigenvalue weighted by atomic mass is 35.5. The van der Waals surface area contributed by atoms with Gasteiger partial charge in [-0.2, -0.15) is 9.97 Å². The molecule has 0 unspecified atom stereocenters. The molecule has 0 amide bonds. The van der Waals surface area contributed by atoms with Crippen molar-refractivity contribution in [2.75, 3.05) is 36.7 Å². The highest BCUT2D eigenvalue weighted by molar-refractivity contribution is 7.90. The number of anilines is 3. The number of aromatic nitrogens is 3. The van der Waals surface area contributed by atoms with Crippen molar-refractivity contribution in [1.82, 2.24) is 15.0 Å². The summed E-state index contributed by atoms with van der Waals surface area (Å²) >= 11 is 6.23. The van der Waals surface area contributed by atoms with Crippen LogP contribution < -0.4 is 15.0 Å². The number of azo groups is 1. The predicted octanol–water partition coefficient (Wildman–Crippen LogP) is 4.94. The molecule has 0 radical (unpaired) electrons. The summed E-state index contributed by atoms with van der Waals surface area (Å²) in [4.78, 5) is 14.5. The first-order valence-electron chi connectivity index (χ1n) is 10.1. The number of hydrogen-bond acceptors (Lipinski definition) is 10. The Hall–Kier alpha value is -3.31. The van der Waals surface area contributed by atoms with Crippen molar-refractivity contribution < 1.29 is 13.2 Å². The molecule has 1 heterocycles. The zero-order valence-corrected chi connectivity index (χ0v) is 20.2. The topological polar surface area (TPSA) is 122 Å². The minimum Gasteiger partial charge on any atom is -0.467 e. The van der Waals surface area contributed by atoms with E-state index in [0.717, 1.165) is 25.0 Å². The molecule has 1 aromatic heterocycles. The average molecular weight is 490 g/mol. The molecule has 0 aliphatic heterocycles. The largest absolute Gasteiger partial charge is 0.467 e. The lowest BCUT2D eigenvalue weighted by Gasteiger charge is -2.22. The smallest absolute Gasteiger partial charge is 0.320 e. The fourth-order valence-electron chi connectivity index (χ4n) is 2.96. The lowest BCUT2D eigenvalue weighted by atomic mass is 10.2. The van der Waals surface area contributed by atoms with Gasteiger partial charge in [0.05, 0.1) is 22.7 Å². The maximum absolute atomic E-state index is 11.7. The summed E-state index contributed by atoms with van der Waals surface area (Å²) in [6.45, 7) is 5.81. The fraction of sp³-hybridized carbons (Fsp3) is 0.286. The molecule has 174 valence electrons. The molecule has 0 fully saturated rings. The van der Waals surface area contributed by atoms with E-state index in [1.807, 2.05) is 18.2 Å². The van der Waals surface area contributed by atoms with Crippen LogP contribution >= 0.6 is 11.6 Å². The molecular formula is C21H24ClN7O3S. The van der Waals surface area contributed by atoms with E-state index in [1.54, 1.807) is 0 Å². The third-order valence-electron chi connectivity index (χ3n) is 4.70. The summed E-state index contributed by atoms with van der Waals surface area (Å²) in [6, 6.07) is 10.2. The van der Waals surface area contributed by atoms with Gasteiger partial charge in [-0.25, -0.2) is 13.4 Å². The number of sulfone groups is 1. The zero-order chi connectivity index (χ0) is 24.0. The van der Waals surface area contributed by atoms with Crippen LogP contribution in [0, 0.1) is 0 Å². The highest BCUT2D eigenvalue weighted by Gasteiger charge is 2.12. The van der Waals surface area contributed by atoms with Crippen LogP contribution in [0.2, 0.25) is 5.02 Å². The van der Waals surface area contributed by atoms with Gasteiger partial charge >= 0.3 is 6.01 Å². The first kappa shape index (κ1) is 24.3. The second-order valence-corrected chi connectivity index (χ2v) is 9.30. The first-order chi connectivity index (χ1) is 15.7. The number of benzene rings is 2. The summed E-state index contributed by atoms with van der Waals surface area (Å²) in [5.41, 5.74) is 2.44. The van der Waals surface area contributed by atoms with Crippen LogP contribution in [0.3, 0.4) is 0 Å². The van der Waals surface area contributed by atoms with Gasteiger partial charge in [0.1, 0.15) is 17.7 Å². The summed E-state index contributed by atoms with van der Waals surface area (Å²) in [6.07, 6.45) is 2.46. The standard InChI is InChI=1S/C21H24ClN7O3S/c1-5-29(6-2)14-7-9-18(19(11-14)25-20-23-13-24-21(26-20)32-3)28-27-17-10-8-15(12-16(17)22)33(4,30)31/h7-13H,5-6H2,1-4H3,(H,23,24,25,26). The van der Waals surface area contributed by atoms with E-state index in [4.69, 9.17) is 16.3 Å². The van der Waals surface area contributed by atoms with E-state index < -0.39 is 9.84 Å². The van der Waals surface area contributed by atoms with Crippen LogP contribution in [0.5, 0.6) is 6.01 Å². The quantitative estimate of drug-likeness (QED) is 0.419. The van der Waals surface area contributed by atoms with Crippen LogP contribution in [0.4, 0.5) is 28.7 Å². The molecule has 0 saturated heterocycles. The molecule has 3 aromatic rings. The maximum atomic E-state index is 11.7. The molecule has 12 heteroatoms. The summed E-state index contributed by atoms with van der Waals surface area (Å²) in [5.74, 6) is 0.283. The summed E-state index contributed by atoms with van der Waals surface area (Å²) in [7, 11) is -1.90. The van der Waals surface area contributed by atoms with Crippen molar-refractivity contribution in [3.8, 4) is 6.01 Å². The third-order valence-corrected chi connectivity index (χ3v) is 6.11.